The van der Waals surface area contributed by atoms with Crippen molar-refractivity contribution in [3.63, 3.8) is 0 Å². The number of hydrogen-bond donors (Lipinski definition) is 0. The van der Waals surface area contributed by atoms with Crippen LogP contribution in [-0.4, -0.2) is 27.5 Å². The summed E-state index contributed by atoms with van der Waals surface area (Å²) in [6.07, 6.45) is 5.15. The first-order chi connectivity index (χ1) is 10.3. The molecule has 0 amide bonds. The average Bonchev–Trinajstić information content (AvgIpc) is 2.76. The molecule has 4 heteroatoms. The second kappa shape index (κ2) is 6.39. The van der Waals surface area contributed by atoms with E-state index in [9.17, 15) is 4.79 Å². The number of hydrogen-bond acceptors (Lipinski definition) is 3. The first-order valence-electron chi connectivity index (χ1n) is 8.00. The molecule has 0 saturated carbocycles. The molecule has 0 aliphatic carbocycles. The zero-order chi connectivity index (χ0) is 14.7. The van der Waals surface area contributed by atoms with Gasteiger partial charge in [-0.1, -0.05) is 25.0 Å². The molecule has 0 atom stereocenters. The predicted octanol–water partition coefficient (Wildman–Crippen LogP) is 2.79. The molecule has 1 aromatic carbocycles. The van der Waals surface area contributed by atoms with Gasteiger partial charge in [-0.15, -0.1) is 0 Å². The molecule has 4 nitrogen and oxygen atoms in total. The minimum atomic E-state index is 0.0907. The Kier molecular flexibility index (Phi) is 4.34. The number of fused-ring (bicyclic) bond motifs is 1. The third kappa shape index (κ3) is 3.00. The molecule has 2 aromatic rings. The maximum absolute atomic E-state index is 12.6. The second-order valence-corrected chi connectivity index (χ2v) is 5.78. The van der Waals surface area contributed by atoms with Crippen molar-refractivity contribution in [1.29, 1.82) is 0 Å². The fourth-order valence-electron chi connectivity index (χ4n) is 3.16. The Hall–Kier alpha value is -1.68. The molecule has 1 aromatic heterocycles. The normalized spacial score (nSPS) is 17.0. The van der Waals surface area contributed by atoms with Crippen molar-refractivity contribution in [3.8, 4) is 0 Å². The second-order valence-electron chi connectivity index (χ2n) is 5.78. The van der Waals surface area contributed by atoms with E-state index in [1.165, 1.54) is 25.7 Å². The maximum Gasteiger partial charge on any atom is 0.261 e. The minimum absolute atomic E-state index is 0.0907. The van der Waals surface area contributed by atoms with Crippen molar-refractivity contribution in [2.24, 2.45) is 0 Å². The van der Waals surface area contributed by atoms with Gasteiger partial charge in [0.15, 0.2) is 0 Å². The third-order valence-corrected chi connectivity index (χ3v) is 4.32. The third-order valence-electron chi connectivity index (χ3n) is 4.32. The Labute approximate surface area is 125 Å². The summed E-state index contributed by atoms with van der Waals surface area (Å²) in [5, 5.41) is 0.721. The fourth-order valence-corrected chi connectivity index (χ4v) is 3.16. The van der Waals surface area contributed by atoms with Crippen molar-refractivity contribution < 1.29 is 0 Å². The van der Waals surface area contributed by atoms with Gasteiger partial charge in [0, 0.05) is 6.54 Å². The number of benzene rings is 1. The molecule has 3 rings (SSSR count). The molecule has 2 heterocycles. The van der Waals surface area contributed by atoms with Gasteiger partial charge in [0.2, 0.25) is 0 Å². The molecule has 0 unspecified atom stereocenters. The highest BCUT2D eigenvalue weighted by molar-refractivity contribution is 5.77. The van der Waals surface area contributed by atoms with Crippen LogP contribution in [0.4, 0.5) is 0 Å². The van der Waals surface area contributed by atoms with Crippen LogP contribution >= 0.6 is 0 Å². The van der Waals surface area contributed by atoms with Gasteiger partial charge in [-0.25, -0.2) is 4.98 Å². The smallest absolute Gasteiger partial charge is 0.261 e. The van der Waals surface area contributed by atoms with Crippen molar-refractivity contribution in [2.75, 3.05) is 13.1 Å². The molecule has 1 saturated heterocycles. The van der Waals surface area contributed by atoms with E-state index in [4.69, 9.17) is 4.98 Å². The van der Waals surface area contributed by atoms with E-state index in [1.807, 2.05) is 35.8 Å². The Morgan fingerprint density at radius 2 is 1.81 bits per heavy atom. The van der Waals surface area contributed by atoms with E-state index in [0.717, 1.165) is 36.4 Å². The number of para-hydroxylation sites is 1. The van der Waals surface area contributed by atoms with Crippen LogP contribution in [0.15, 0.2) is 29.1 Å². The molecule has 1 aliphatic heterocycles. The molecule has 1 aliphatic rings. The van der Waals surface area contributed by atoms with Gasteiger partial charge < -0.3 is 0 Å². The number of nitrogens with zero attached hydrogens (tertiary/aromatic N) is 3. The average molecular weight is 285 g/mol. The number of likely N-dealkylation sites (tertiary alicyclic amines) is 1. The summed E-state index contributed by atoms with van der Waals surface area (Å²) in [6, 6.07) is 7.65. The van der Waals surface area contributed by atoms with Gasteiger partial charge in [0.25, 0.3) is 5.56 Å². The molecule has 112 valence electrons. The number of rotatable bonds is 3. The largest absolute Gasteiger partial charge is 0.296 e. The number of aromatic nitrogens is 2. The first-order valence-corrected chi connectivity index (χ1v) is 8.00. The monoisotopic (exact) mass is 285 g/mol. The van der Waals surface area contributed by atoms with Crippen LogP contribution < -0.4 is 5.56 Å². The molecule has 21 heavy (non-hydrogen) atoms. The highest BCUT2D eigenvalue weighted by Gasteiger charge is 2.14. The summed E-state index contributed by atoms with van der Waals surface area (Å²) in [5.41, 5.74) is 0.907. The quantitative estimate of drug-likeness (QED) is 0.870. The standard InChI is InChI=1S/C17H23N3O/c1-2-20-16(13-19-11-7-3-4-8-12-19)18-15-10-6-5-9-14(15)17(20)21/h5-6,9-10H,2-4,7-8,11-13H2,1H3. The predicted molar refractivity (Wildman–Crippen MR) is 85.4 cm³/mol. The lowest BCUT2D eigenvalue weighted by atomic mass is 10.2. The lowest BCUT2D eigenvalue weighted by Crippen LogP contribution is -2.31. The molecular formula is C17H23N3O. The van der Waals surface area contributed by atoms with Gasteiger partial charge in [0.1, 0.15) is 5.82 Å². The van der Waals surface area contributed by atoms with Crippen LogP contribution in [-0.2, 0) is 13.1 Å². The molecule has 0 spiro atoms. The lowest BCUT2D eigenvalue weighted by Gasteiger charge is -2.21. The maximum atomic E-state index is 12.6. The van der Waals surface area contributed by atoms with Gasteiger partial charge in [-0.3, -0.25) is 14.3 Å². The van der Waals surface area contributed by atoms with Crippen molar-refractivity contribution in [2.45, 2.75) is 45.7 Å². The topological polar surface area (TPSA) is 38.1 Å². The Morgan fingerprint density at radius 3 is 2.52 bits per heavy atom. The van der Waals surface area contributed by atoms with Crippen molar-refractivity contribution in [3.05, 3.63) is 40.4 Å². The molecule has 0 bridgehead atoms. The zero-order valence-electron chi connectivity index (χ0n) is 12.7. The van der Waals surface area contributed by atoms with Crippen molar-refractivity contribution >= 4 is 10.9 Å². The van der Waals surface area contributed by atoms with Gasteiger partial charge >= 0.3 is 0 Å². The SMILES string of the molecule is CCn1c(CN2CCCCCC2)nc2ccccc2c1=O. The molecule has 0 radical (unpaired) electrons. The molecular weight excluding hydrogens is 262 g/mol. The van der Waals surface area contributed by atoms with E-state index in [-0.39, 0.29) is 5.56 Å². The highest BCUT2D eigenvalue weighted by Crippen LogP contribution is 2.14. The van der Waals surface area contributed by atoms with E-state index >= 15 is 0 Å². The van der Waals surface area contributed by atoms with E-state index in [2.05, 4.69) is 4.90 Å². The van der Waals surface area contributed by atoms with Crippen molar-refractivity contribution in [1.82, 2.24) is 14.5 Å². The van der Waals surface area contributed by atoms with Gasteiger partial charge in [0.05, 0.1) is 17.4 Å². The molecule has 1 fully saturated rings. The summed E-state index contributed by atoms with van der Waals surface area (Å²) in [5.74, 6) is 0.906. The van der Waals surface area contributed by atoms with Gasteiger partial charge in [-0.2, -0.15) is 0 Å². The Morgan fingerprint density at radius 1 is 1.10 bits per heavy atom. The summed E-state index contributed by atoms with van der Waals surface area (Å²) < 4.78 is 1.83. The van der Waals surface area contributed by atoms with Crippen LogP contribution in [0, 0.1) is 0 Å². The highest BCUT2D eigenvalue weighted by atomic mass is 16.1. The Bertz CT molecular complexity index is 669. The van der Waals surface area contributed by atoms with E-state index in [0.29, 0.717) is 6.54 Å². The summed E-state index contributed by atoms with van der Waals surface area (Å²) in [7, 11) is 0. The minimum Gasteiger partial charge on any atom is -0.296 e. The summed E-state index contributed by atoms with van der Waals surface area (Å²) >= 11 is 0. The fraction of sp³-hybridized carbons (Fsp3) is 0.529. The zero-order valence-corrected chi connectivity index (χ0v) is 12.7. The Balaban J connectivity index is 1.98. The molecule has 0 N–H and O–H groups in total. The summed E-state index contributed by atoms with van der Waals surface area (Å²) in [4.78, 5) is 19.8. The van der Waals surface area contributed by atoms with E-state index < -0.39 is 0 Å². The van der Waals surface area contributed by atoms with Crippen LogP contribution in [0.3, 0.4) is 0 Å². The van der Waals surface area contributed by atoms with Crippen LogP contribution in [0.5, 0.6) is 0 Å². The first kappa shape index (κ1) is 14.3. The van der Waals surface area contributed by atoms with Crippen LogP contribution in [0.25, 0.3) is 10.9 Å². The summed E-state index contributed by atoms with van der Waals surface area (Å²) in [6.45, 7) is 5.72. The van der Waals surface area contributed by atoms with Crippen LogP contribution in [0.2, 0.25) is 0 Å². The van der Waals surface area contributed by atoms with Gasteiger partial charge in [-0.05, 0) is 45.0 Å². The van der Waals surface area contributed by atoms with Crippen LogP contribution in [0.1, 0.15) is 38.4 Å². The van der Waals surface area contributed by atoms with E-state index in [1.54, 1.807) is 0 Å². The lowest BCUT2D eigenvalue weighted by molar-refractivity contribution is 0.264.